The van der Waals surface area contributed by atoms with E-state index >= 15 is 0 Å². The number of halogens is 2. The van der Waals surface area contributed by atoms with E-state index in [0.717, 1.165) is 24.1 Å². The van der Waals surface area contributed by atoms with Gasteiger partial charge in [0.05, 0.1) is 12.2 Å². The maximum absolute atomic E-state index is 13.3. The van der Waals surface area contributed by atoms with Gasteiger partial charge in [0.2, 0.25) is 0 Å². The van der Waals surface area contributed by atoms with Crippen molar-refractivity contribution in [1.82, 2.24) is 10.3 Å². The lowest BCUT2D eigenvalue weighted by Gasteiger charge is -2.19. The molecule has 1 atom stereocenters. The Kier molecular flexibility index (Phi) is 4.58. The lowest BCUT2D eigenvalue weighted by atomic mass is 10.00. The van der Waals surface area contributed by atoms with Gasteiger partial charge in [-0.25, -0.2) is 8.78 Å². The van der Waals surface area contributed by atoms with Gasteiger partial charge in [-0.05, 0) is 42.3 Å². The van der Waals surface area contributed by atoms with E-state index in [1.807, 2.05) is 0 Å². The summed E-state index contributed by atoms with van der Waals surface area (Å²) in [6.45, 7) is 2.84. The second kappa shape index (κ2) is 6.38. The Labute approximate surface area is 111 Å². The van der Waals surface area contributed by atoms with Crippen LogP contribution < -0.4 is 5.32 Å². The van der Waals surface area contributed by atoms with Crippen LogP contribution in [0, 0.1) is 11.6 Å². The molecule has 1 aromatic heterocycles. The van der Waals surface area contributed by atoms with Crippen molar-refractivity contribution >= 4 is 0 Å². The summed E-state index contributed by atoms with van der Waals surface area (Å²) >= 11 is 0. The molecular formula is C15H16F2N2. The summed E-state index contributed by atoms with van der Waals surface area (Å²) in [7, 11) is 0. The van der Waals surface area contributed by atoms with Crippen LogP contribution in [0.25, 0.3) is 0 Å². The Morgan fingerprint density at radius 1 is 1.05 bits per heavy atom. The maximum Gasteiger partial charge on any atom is 0.141 e. The molecule has 0 aliphatic rings. The van der Waals surface area contributed by atoms with Gasteiger partial charge in [0, 0.05) is 6.20 Å². The Balaban J connectivity index is 2.32. The minimum atomic E-state index is -0.372. The van der Waals surface area contributed by atoms with Crippen molar-refractivity contribution in [3.8, 4) is 0 Å². The third-order valence-corrected chi connectivity index (χ3v) is 2.86. The average Bonchev–Trinajstić information content (AvgIpc) is 2.41. The lowest BCUT2D eigenvalue weighted by molar-refractivity contribution is 0.577. The molecule has 19 heavy (non-hydrogen) atoms. The van der Waals surface area contributed by atoms with Gasteiger partial charge in [0.15, 0.2) is 0 Å². The van der Waals surface area contributed by atoms with E-state index in [0.29, 0.717) is 0 Å². The largest absolute Gasteiger partial charge is 0.306 e. The first-order valence-corrected chi connectivity index (χ1v) is 6.30. The van der Waals surface area contributed by atoms with E-state index in [2.05, 4.69) is 17.2 Å². The average molecular weight is 262 g/mol. The third-order valence-electron chi connectivity index (χ3n) is 2.86. The molecule has 4 heteroatoms. The van der Waals surface area contributed by atoms with Crippen LogP contribution in [-0.4, -0.2) is 11.5 Å². The van der Waals surface area contributed by atoms with Gasteiger partial charge in [0.1, 0.15) is 11.6 Å². The second-order valence-electron chi connectivity index (χ2n) is 4.38. The molecule has 0 amide bonds. The summed E-state index contributed by atoms with van der Waals surface area (Å²) in [6, 6.07) is 7.49. The maximum atomic E-state index is 13.3. The summed E-state index contributed by atoms with van der Waals surface area (Å²) < 4.78 is 26.3. The Morgan fingerprint density at radius 2 is 1.79 bits per heavy atom. The molecule has 0 aliphatic carbocycles. The highest BCUT2D eigenvalue weighted by Gasteiger charge is 2.14. The number of nitrogens with one attached hydrogen (secondary N) is 1. The molecule has 1 heterocycles. The van der Waals surface area contributed by atoms with Crippen LogP contribution in [0.2, 0.25) is 0 Å². The van der Waals surface area contributed by atoms with Gasteiger partial charge in [-0.1, -0.05) is 19.1 Å². The second-order valence-corrected chi connectivity index (χ2v) is 4.38. The predicted octanol–water partition coefficient (Wildman–Crippen LogP) is 3.45. The van der Waals surface area contributed by atoms with Gasteiger partial charge in [-0.3, -0.25) is 4.98 Å². The number of pyridine rings is 1. The fourth-order valence-electron chi connectivity index (χ4n) is 1.96. The van der Waals surface area contributed by atoms with Crippen LogP contribution in [0.15, 0.2) is 42.7 Å². The van der Waals surface area contributed by atoms with Crippen molar-refractivity contribution < 1.29 is 8.78 Å². The minimum Gasteiger partial charge on any atom is -0.306 e. The fourth-order valence-corrected chi connectivity index (χ4v) is 1.96. The van der Waals surface area contributed by atoms with Gasteiger partial charge in [0.25, 0.3) is 0 Å². The molecule has 2 nitrogen and oxygen atoms in total. The van der Waals surface area contributed by atoms with E-state index in [1.165, 1.54) is 24.4 Å². The van der Waals surface area contributed by atoms with E-state index < -0.39 is 0 Å². The molecular weight excluding hydrogens is 246 g/mol. The number of nitrogens with zero attached hydrogens (tertiary/aromatic N) is 1. The van der Waals surface area contributed by atoms with Crippen LogP contribution >= 0.6 is 0 Å². The highest BCUT2D eigenvalue weighted by Crippen LogP contribution is 2.22. The number of rotatable bonds is 5. The van der Waals surface area contributed by atoms with Gasteiger partial charge < -0.3 is 5.32 Å². The fraction of sp³-hybridized carbons (Fsp3) is 0.267. The van der Waals surface area contributed by atoms with Gasteiger partial charge in [-0.15, -0.1) is 0 Å². The van der Waals surface area contributed by atoms with Gasteiger partial charge >= 0.3 is 0 Å². The molecule has 1 aromatic carbocycles. The summed E-state index contributed by atoms with van der Waals surface area (Å²) in [5.74, 6) is -0.654. The van der Waals surface area contributed by atoms with Crippen LogP contribution in [0.4, 0.5) is 8.78 Å². The van der Waals surface area contributed by atoms with Crippen molar-refractivity contribution in [1.29, 1.82) is 0 Å². The first-order chi connectivity index (χ1) is 9.20. The standard InChI is InChI=1S/C15H16F2N2/c1-2-7-19-15(11-3-5-13(16)6-4-11)12-8-14(17)10-18-9-12/h3-6,8-10,15,19H,2,7H2,1H3. The highest BCUT2D eigenvalue weighted by atomic mass is 19.1. The van der Waals surface area contributed by atoms with Gasteiger partial charge in [-0.2, -0.15) is 0 Å². The molecule has 100 valence electrons. The van der Waals surface area contributed by atoms with E-state index in [-0.39, 0.29) is 17.7 Å². The van der Waals surface area contributed by atoms with Crippen molar-refractivity contribution in [2.75, 3.05) is 6.54 Å². The summed E-state index contributed by atoms with van der Waals surface area (Å²) in [5.41, 5.74) is 1.63. The minimum absolute atomic E-state index is 0.177. The molecule has 1 N–H and O–H groups in total. The quantitative estimate of drug-likeness (QED) is 0.892. The van der Waals surface area contributed by atoms with Crippen molar-refractivity contribution in [2.45, 2.75) is 19.4 Å². The zero-order valence-electron chi connectivity index (χ0n) is 10.7. The Hall–Kier alpha value is -1.81. The monoisotopic (exact) mass is 262 g/mol. The Morgan fingerprint density at radius 3 is 2.42 bits per heavy atom. The Bertz CT molecular complexity index is 526. The molecule has 1 unspecified atom stereocenters. The van der Waals surface area contributed by atoms with Crippen LogP contribution in [0.3, 0.4) is 0 Å². The van der Waals surface area contributed by atoms with Crippen molar-refractivity contribution in [2.24, 2.45) is 0 Å². The number of hydrogen-bond acceptors (Lipinski definition) is 2. The number of aromatic nitrogens is 1. The smallest absolute Gasteiger partial charge is 0.141 e. The van der Waals surface area contributed by atoms with Crippen LogP contribution in [-0.2, 0) is 0 Å². The van der Waals surface area contributed by atoms with E-state index in [1.54, 1.807) is 18.3 Å². The predicted molar refractivity (Wildman–Crippen MR) is 70.7 cm³/mol. The van der Waals surface area contributed by atoms with Crippen LogP contribution in [0.5, 0.6) is 0 Å². The van der Waals surface area contributed by atoms with Crippen molar-refractivity contribution in [3.05, 3.63) is 65.5 Å². The number of hydrogen-bond donors (Lipinski definition) is 1. The number of benzene rings is 1. The third kappa shape index (κ3) is 3.58. The first-order valence-electron chi connectivity index (χ1n) is 6.30. The zero-order valence-corrected chi connectivity index (χ0v) is 10.7. The lowest BCUT2D eigenvalue weighted by Crippen LogP contribution is -2.23. The normalized spacial score (nSPS) is 12.4. The molecule has 2 rings (SSSR count). The van der Waals surface area contributed by atoms with Crippen molar-refractivity contribution in [3.63, 3.8) is 0 Å². The topological polar surface area (TPSA) is 24.9 Å². The summed E-state index contributed by atoms with van der Waals surface area (Å²) in [6.07, 6.45) is 3.76. The molecule has 0 bridgehead atoms. The highest BCUT2D eigenvalue weighted by molar-refractivity contribution is 5.30. The molecule has 0 saturated heterocycles. The summed E-state index contributed by atoms with van der Waals surface area (Å²) in [5, 5.41) is 3.32. The van der Waals surface area contributed by atoms with E-state index in [9.17, 15) is 8.78 Å². The zero-order chi connectivity index (χ0) is 13.7. The summed E-state index contributed by atoms with van der Waals surface area (Å²) in [4.78, 5) is 3.87. The molecule has 0 fully saturated rings. The molecule has 0 aliphatic heterocycles. The molecule has 0 radical (unpaired) electrons. The molecule has 2 aromatic rings. The SMILES string of the molecule is CCCNC(c1ccc(F)cc1)c1cncc(F)c1. The van der Waals surface area contributed by atoms with Crippen LogP contribution in [0.1, 0.15) is 30.5 Å². The molecule has 0 spiro atoms. The molecule has 0 saturated carbocycles. The first kappa shape index (κ1) is 13.6. The van der Waals surface area contributed by atoms with E-state index in [4.69, 9.17) is 0 Å².